The van der Waals surface area contributed by atoms with Gasteiger partial charge in [-0.25, -0.2) is 4.79 Å². The van der Waals surface area contributed by atoms with Gasteiger partial charge in [-0.3, -0.25) is 0 Å². The second kappa shape index (κ2) is 6.79. The maximum absolute atomic E-state index is 12.0. The average Bonchev–Trinajstić information content (AvgIpc) is 3.25. The Balaban J connectivity index is 1.49. The Morgan fingerprint density at radius 2 is 2.19 bits per heavy atom. The summed E-state index contributed by atoms with van der Waals surface area (Å²) in [4.78, 5) is 12.0. The van der Waals surface area contributed by atoms with Crippen LogP contribution in [0.1, 0.15) is 44.1 Å². The summed E-state index contributed by atoms with van der Waals surface area (Å²) in [7, 11) is 0. The van der Waals surface area contributed by atoms with Gasteiger partial charge in [0.2, 0.25) is 0 Å². The van der Waals surface area contributed by atoms with Crippen molar-refractivity contribution in [3.8, 4) is 0 Å². The summed E-state index contributed by atoms with van der Waals surface area (Å²) < 4.78 is 5.52. The van der Waals surface area contributed by atoms with E-state index >= 15 is 0 Å². The highest BCUT2D eigenvalue weighted by atomic mass is 32.1. The maximum atomic E-state index is 12.0. The van der Waals surface area contributed by atoms with Gasteiger partial charge in [-0.05, 0) is 48.1 Å². The minimum Gasteiger partial charge on any atom is -0.376 e. The summed E-state index contributed by atoms with van der Waals surface area (Å²) in [6, 6.07) is 2.15. The Labute approximate surface area is 130 Å². The van der Waals surface area contributed by atoms with Crippen LogP contribution in [-0.4, -0.2) is 31.8 Å². The van der Waals surface area contributed by atoms with Crippen molar-refractivity contribution in [1.82, 2.24) is 10.6 Å². The first-order valence-corrected chi connectivity index (χ1v) is 8.89. The first-order chi connectivity index (χ1) is 10.3. The maximum Gasteiger partial charge on any atom is 0.314 e. The molecule has 0 bridgehead atoms. The molecule has 0 spiro atoms. The summed E-state index contributed by atoms with van der Waals surface area (Å²) in [5.41, 5.74) is 1.55. The minimum atomic E-state index is -0.0630. The zero-order chi connectivity index (χ0) is 14.5. The molecular formula is C16H24N2O2S. The third kappa shape index (κ3) is 3.58. The van der Waals surface area contributed by atoms with E-state index in [0.717, 1.165) is 26.0 Å². The number of thiophene rings is 1. The Kier molecular flexibility index (Phi) is 4.80. The highest BCUT2D eigenvalue weighted by Crippen LogP contribution is 2.41. The number of ether oxygens (including phenoxy) is 1. The number of urea groups is 1. The summed E-state index contributed by atoms with van der Waals surface area (Å²) in [5, 5.41) is 10.4. The molecule has 2 N–H and O–H groups in total. The van der Waals surface area contributed by atoms with Gasteiger partial charge in [-0.1, -0.05) is 12.8 Å². The molecule has 2 heterocycles. The van der Waals surface area contributed by atoms with Crippen LogP contribution in [0, 0.1) is 0 Å². The number of hydrogen-bond donors (Lipinski definition) is 2. The molecule has 21 heavy (non-hydrogen) atoms. The highest BCUT2D eigenvalue weighted by molar-refractivity contribution is 7.08. The summed E-state index contributed by atoms with van der Waals surface area (Å²) in [5.74, 6) is 0. The zero-order valence-corrected chi connectivity index (χ0v) is 13.2. The molecule has 1 aliphatic carbocycles. The van der Waals surface area contributed by atoms with Crippen LogP contribution in [0.3, 0.4) is 0 Å². The SMILES string of the molecule is O=C(NCC1CCCO1)NCC1(c2ccsc2)CCCC1. The fourth-order valence-electron chi connectivity index (χ4n) is 3.51. The van der Waals surface area contributed by atoms with Crippen LogP contribution in [0.15, 0.2) is 16.8 Å². The Morgan fingerprint density at radius 1 is 1.33 bits per heavy atom. The predicted molar refractivity (Wildman–Crippen MR) is 84.8 cm³/mol. The number of amides is 2. The molecule has 0 aromatic carbocycles. The van der Waals surface area contributed by atoms with Crippen LogP contribution in [0.25, 0.3) is 0 Å². The van der Waals surface area contributed by atoms with Gasteiger partial charge >= 0.3 is 6.03 Å². The van der Waals surface area contributed by atoms with Crippen molar-refractivity contribution < 1.29 is 9.53 Å². The molecule has 2 fully saturated rings. The van der Waals surface area contributed by atoms with Crippen LogP contribution in [0.2, 0.25) is 0 Å². The first-order valence-electron chi connectivity index (χ1n) is 7.94. The van der Waals surface area contributed by atoms with Crippen molar-refractivity contribution in [1.29, 1.82) is 0 Å². The second-order valence-corrected chi connectivity index (χ2v) is 6.98. The smallest absolute Gasteiger partial charge is 0.314 e. The molecule has 0 radical (unpaired) electrons. The molecule has 116 valence electrons. The molecule has 1 atom stereocenters. The molecule has 1 aromatic rings. The lowest BCUT2D eigenvalue weighted by atomic mass is 9.80. The van der Waals surface area contributed by atoms with E-state index in [1.165, 1.54) is 31.2 Å². The zero-order valence-electron chi connectivity index (χ0n) is 12.4. The third-order valence-electron chi connectivity index (χ3n) is 4.80. The van der Waals surface area contributed by atoms with Crippen molar-refractivity contribution in [2.75, 3.05) is 19.7 Å². The number of nitrogens with one attached hydrogen (secondary N) is 2. The molecule has 5 heteroatoms. The Bertz CT molecular complexity index is 449. The van der Waals surface area contributed by atoms with Gasteiger partial charge in [0.1, 0.15) is 0 Å². The number of carbonyl (C=O) groups excluding carboxylic acids is 1. The number of hydrogen-bond acceptors (Lipinski definition) is 3. The molecular weight excluding hydrogens is 284 g/mol. The van der Waals surface area contributed by atoms with Gasteiger partial charge in [-0.2, -0.15) is 11.3 Å². The van der Waals surface area contributed by atoms with E-state index in [1.807, 2.05) is 0 Å². The fourth-order valence-corrected chi connectivity index (χ4v) is 4.29. The van der Waals surface area contributed by atoms with E-state index < -0.39 is 0 Å². The van der Waals surface area contributed by atoms with Gasteiger partial charge < -0.3 is 15.4 Å². The standard InChI is InChI=1S/C16H24N2O2S/c19-15(17-10-14-4-3-8-20-14)18-12-16(6-1-2-7-16)13-5-9-21-11-13/h5,9,11,14H,1-4,6-8,10,12H2,(H2,17,18,19). The molecule has 3 rings (SSSR count). The lowest BCUT2D eigenvalue weighted by Crippen LogP contribution is -2.45. The van der Waals surface area contributed by atoms with Crippen LogP contribution < -0.4 is 10.6 Å². The largest absolute Gasteiger partial charge is 0.376 e. The van der Waals surface area contributed by atoms with E-state index in [0.29, 0.717) is 6.54 Å². The lowest BCUT2D eigenvalue weighted by molar-refractivity contribution is 0.111. The van der Waals surface area contributed by atoms with Crippen LogP contribution >= 0.6 is 11.3 Å². The number of rotatable bonds is 5. The normalized spacial score (nSPS) is 24.1. The van der Waals surface area contributed by atoms with Crippen molar-refractivity contribution in [3.63, 3.8) is 0 Å². The summed E-state index contributed by atoms with van der Waals surface area (Å²) in [6.07, 6.45) is 7.23. The van der Waals surface area contributed by atoms with E-state index in [1.54, 1.807) is 11.3 Å². The van der Waals surface area contributed by atoms with Crippen molar-refractivity contribution in [2.45, 2.75) is 50.0 Å². The quantitative estimate of drug-likeness (QED) is 0.878. The molecule has 1 aromatic heterocycles. The molecule has 2 aliphatic rings. The molecule has 2 amide bonds. The van der Waals surface area contributed by atoms with Crippen molar-refractivity contribution in [2.24, 2.45) is 0 Å². The van der Waals surface area contributed by atoms with E-state index in [-0.39, 0.29) is 17.6 Å². The first kappa shape index (κ1) is 14.9. The van der Waals surface area contributed by atoms with Gasteiger partial charge in [0, 0.05) is 25.1 Å². The number of carbonyl (C=O) groups is 1. The topological polar surface area (TPSA) is 50.4 Å². The van der Waals surface area contributed by atoms with Gasteiger partial charge in [0.15, 0.2) is 0 Å². The van der Waals surface area contributed by atoms with Crippen molar-refractivity contribution in [3.05, 3.63) is 22.4 Å². The van der Waals surface area contributed by atoms with Crippen LogP contribution in [-0.2, 0) is 10.2 Å². The minimum absolute atomic E-state index is 0.0630. The average molecular weight is 308 g/mol. The highest BCUT2D eigenvalue weighted by Gasteiger charge is 2.36. The molecule has 1 saturated carbocycles. The lowest BCUT2D eigenvalue weighted by Gasteiger charge is -2.29. The van der Waals surface area contributed by atoms with Crippen molar-refractivity contribution >= 4 is 17.4 Å². The van der Waals surface area contributed by atoms with E-state index in [2.05, 4.69) is 27.5 Å². The van der Waals surface area contributed by atoms with Gasteiger partial charge in [0.25, 0.3) is 0 Å². The predicted octanol–water partition coefficient (Wildman–Crippen LogP) is 3.04. The summed E-state index contributed by atoms with van der Waals surface area (Å²) in [6.45, 7) is 2.19. The molecule has 1 saturated heterocycles. The van der Waals surface area contributed by atoms with Gasteiger partial charge in [0.05, 0.1) is 6.10 Å². The summed E-state index contributed by atoms with van der Waals surface area (Å²) >= 11 is 1.74. The molecule has 4 nitrogen and oxygen atoms in total. The second-order valence-electron chi connectivity index (χ2n) is 6.20. The van der Waals surface area contributed by atoms with Crippen LogP contribution in [0.4, 0.5) is 4.79 Å². The fraction of sp³-hybridized carbons (Fsp3) is 0.688. The van der Waals surface area contributed by atoms with E-state index in [4.69, 9.17) is 4.74 Å². The third-order valence-corrected chi connectivity index (χ3v) is 5.48. The Morgan fingerprint density at radius 3 is 2.86 bits per heavy atom. The monoisotopic (exact) mass is 308 g/mol. The van der Waals surface area contributed by atoms with E-state index in [9.17, 15) is 4.79 Å². The Hall–Kier alpha value is -1.07. The molecule has 1 unspecified atom stereocenters. The van der Waals surface area contributed by atoms with Gasteiger partial charge in [-0.15, -0.1) is 0 Å². The molecule has 1 aliphatic heterocycles. The van der Waals surface area contributed by atoms with Crippen LogP contribution in [0.5, 0.6) is 0 Å².